The van der Waals surface area contributed by atoms with Gasteiger partial charge in [-0.1, -0.05) is 27.7 Å². The van der Waals surface area contributed by atoms with Crippen molar-refractivity contribution in [2.45, 2.75) is 65.8 Å². The second-order valence-corrected chi connectivity index (χ2v) is 6.02. The normalized spacial score (nSPS) is 25.1. The topological polar surface area (TPSA) is 15.3 Å². The Morgan fingerprint density at radius 2 is 2.06 bits per heavy atom. The zero-order chi connectivity index (χ0) is 12.7. The van der Waals surface area contributed by atoms with Gasteiger partial charge < -0.3 is 5.32 Å². The van der Waals surface area contributed by atoms with Gasteiger partial charge in [-0.3, -0.25) is 4.90 Å². The minimum atomic E-state index is 0.451. The summed E-state index contributed by atoms with van der Waals surface area (Å²) in [5.74, 6) is 0. The molecule has 17 heavy (non-hydrogen) atoms. The Morgan fingerprint density at radius 3 is 2.65 bits per heavy atom. The lowest BCUT2D eigenvalue weighted by atomic mass is 9.86. The first kappa shape index (κ1) is 15.0. The molecular weight excluding hydrogens is 208 g/mol. The zero-order valence-corrected chi connectivity index (χ0v) is 12.4. The van der Waals surface area contributed by atoms with E-state index in [1.807, 2.05) is 0 Å². The molecule has 102 valence electrons. The second kappa shape index (κ2) is 7.38. The van der Waals surface area contributed by atoms with E-state index in [-0.39, 0.29) is 0 Å². The molecular formula is C15H32N2. The fraction of sp³-hybridized carbons (Fsp3) is 1.00. The van der Waals surface area contributed by atoms with Crippen LogP contribution in [-0.2, 0) is 0 Å². The van der Waals surface area contributed by atoms with Crippen LogP contribution < -0.4 is 5.32 Å². The Hall–Kier alpha value is -0.0800. The molecule has 0 spiro atoms. The Balaban J connectivity index is 2.43. The van der Waals surface area contributed by atoms with Crippen molar-refractivity contribution in [3.05, 3.63) is 0 Å². The summed E-state index contributed by atoms with van der Waals surface area (Å²) < 4.78 is 0. The molecule has 1 aliphatic rings. The van der Waals surface area contributed by atoms with Crippen LogP contribution >= 0.6 is 0 Å². The van der Waals surface area contributed by atoms with Crippen molar-refractivity contribution in [1.82, 2.24) is 10.2 Å². The van der Waals surface area contributed by atoms with Crippen LogP contribution in [0.2, 0.25) is 0 Å². The van der Waals surface area contributed by atoms with Gasteiger partial charge in [-0.05, 0) is 50.6 Å². The van der Waals surface area contributed by atoms with Crippen molar-refractivity contribution in [2.24, 2.45) is 5.41 Å². The number of nitrogens with zero attached hydrogens (tertiary/aromatic N) is 1. The maximum absolute atomic E-state index is 3.61. The summed E-state index contributed by atoms with van der Waals surface area (Å²) in [6.45, 7) is 14.3. The molecule has 1 saturated heterocycles. The SMILES string of the molecule is CCCNCC(C)(CC)CN1CCCC1CC. The third-order valence-corrected chi connectivity index (χ3v) is 4.39. The number of rotatable bonds is 8. The van der Waals surface area contributed by atoms with Gasteiger partial charge in [0, 0.05) is 19.1 Å². The van der Waals surface area contributed by atoms with E-state index in [2.05, 4.69) is 37.9 Å². The van der Waals surface area contributed by atoms with Crippen LogP contribution in [0.1, 0.15) is 59.8 Å². The minimum absolute atomic E-state index is 0.451. The molecule has 0 bridgehead atoms. The Labute approximate surface area is 108 Å². The molecule has 1 N–H and O–H groups in total. The fourth-order valence-corrected chi connectivity index (χ4v) is 2.92. The van der Waals surface area contributed by atoms with E-state index < -0.39 is 0 Å². The molecule has 1 heterocycles. The van der Waals surface area contributed by atoms with Crippen molar-refractivity contribution < 1.29 is 0 Å². The molecule has 2 nitrogen and oxygen atoms in total. The van der Waals surface area contributed by atoms with Crippen molar-refractivity contribution in [2.75, 3.05) is 26.2 Å². The first-order valence-corrected chi connectivity index (χ1v) is 7.60. The molecule has 0 amide bonds. The highest BCUT2D eigenvalue weighted by Crippen LogP contribution is 2.28. The average Bonchev–Trinajstić information content (AvgIpc) is 2.76. The van der Waals surface area contributed by atoms with E-state index in [1.54, 1.807) is 0 Å². The molecule has 2 unspecified atom stereocenters. The van der Waals surface area contributed by atoms with Crippen LogP contribution in [0.25, 0.3) is 0 Å². The Morgan fingerprint density at radius 1 is 1.29 bits per heavy atom. The zero-order valence-electron chi connectivity index (χ0n) is 12.4. The molecule has 0 aromatic rings. The summed E-state index contributed by atoms with van der Waals surface area (Å²) in [5, 5.41) is 3.61. The van der Waals surface area contributed by atoms with Gasteiger partial charge in [-0.25, -0.2) is 0 Å². The third kappa shape index (κ3) is 4.59. The van der Waals surface area contributed by atoms with E-state index in [4.69, 9.17) is 0 Å². The van der Waals surface area contributed by atoms with Crippen LogP contribution in [0.3, 0.4) is 0 Å². The van der Waals surface area contributed by atoms with Gasteiger partial charge in [0.15, 0.2) is 0 Å². The monoisotopic (exact) mass is 240 g/mol. The highest BCUT2D eigenvalue weighted by atomic mass is 15.2. The summed E-state index contributed by atoms with van der Waals surface area (Å²) in [5.41, 5.74) is 0.451. The van der Waals surface area contributed by atoms with Gasteiger partial charge in [-0.15, -0.1) is 0 Å². The molecule has 1 fully saturated rings. The van der Waals surface area contributed by atoms with Crippen molar-refractivity contribution >= 4 is 0 Å². The highest BCUT2D eigenvalue weighted by Gasteiger charge is 2.30. The second-order valence-electron chi connectivity index (χ2n) is 6.02. The molecule has 0 radical (unpaired) electrons. The van der Waals surface area contributed by atoms with Gasteiger partial charge in [0.05, 0.1) is 0 Å². The van der Waals surface area contributed by atoms with Gasteiger partial charge in [0.2, 0.25) is 0 Å². The van der Waals surface area contributed by atoms with E-state index in [0.29, 0.717) is 5.41 Å². The first-order chi connectivity index (χ1) is 8.15. The summed E-state index contributed by atoms with van der Waals surface area (Å²) in [4.78, 5) is 2.73. The predicted octanol–water partition coefficient (Wildman–Crippen LogP) is 3.28. The molecule has 0 aromatic carbocycles. The standard InChI is InChI=1S/C15H32N2/c1-5-10-16-12-15(4,7-3)13-17-11-8-9-14(17)6-2/h14,16H,5-13H2,1-4H3. The fourth-order valence-electron chi connectivity index (χ4n) is 2.92. The van der Waals surface area contributed by atoms with Crippen molar-refractivity contribution in [3.8, 4) is 0 Å². The maximum atomic E-state index is 3.61. The van der Waals surface area contributed by atoms with E-state index in [9.17, 15) is 0 Å². The summed E-state index contributed by atoms with van der Waals surface area (Å²) in [6.07, 6.45) is 6.65. The molecule has 1 aliphatic heterocycles. The quantitative estimate of drug-likeness (QED) is 0.655. The lowest BCUT2D eigenvalue weighted by Gasteiger charge is -2.36. The number of hydrogen-bond acceptors (Lipinski definition) is 2. The highest BCUT2D eigenvalue weighted by molar-refractivity contribution is 4.85. The first-order valence-electron chi connectivity index (χ1n) is 7.60. The maximum Gasteiger partial charge on any atom is 0.00933 e. The lowest BCUT2D eigenvalue weighted by molar-refractivity contribution is 0.142. The van der Waals surface area contributed by atoms with E-state index in [1.165, 1.54) is 51.7 Å². The van der Waals surface area contributed by atoms with Crippen molar-refractivity contribution in [3.63, 3.8) is 0 Å². The van der Waals surface area contributed by atoms with Gasteiger partial charge in [-0.2, -0.15) is 0 Å². The minimum Gasteiger partial charge on any atom is -0.316 e. The molecule has 1 rings (SSSR count). The largest absolute Gasteiger partial charge is 0.316 e. The van der Waals surface area contributed by atoms with Crippen molar-refractivity contribution in [1.29, 1.82) is 0 Å². The van der Waals surface area contributed by atoms with Crippen LogP contribution in [-0.4, -0.2) is 37.1 Å². The molecule has 0 aliphatic carbocycles. The predicted molar refractivity (Wildman–Crippen MR) is 76.4 cm³/mol. The van der Waals surface area contributed by atoms with Crippen LogP contribution in [0, 0.1) is 5.41 Å². The summed E-state index contributed by atoms with van der Waals surface area (Å²) in [7, 11) is 0. The lowest BCUT2D eigenvalue weighted by Crippen LogP contribution is -2.43. The van der Waals surface area contributed by atoms with Crippen LogP contribution in [0.4, 0.5) is 0 Å². The third-order valence-electron chi connectivity index (χ3n) is 4.39. The Kier molecular flexibility index (Phi) is 6.50. The molecule has 2 atom stereocenters. The van der Waals surface area contributed by atoms with Gasteiger partial charge in [0.25, 0.3) is 0 Å². The molecule has 2 heteroatoms. The van der Waals surface area contributed by atoms with Gasteiger partial charge >= 0.3 is 0 Å². The molecule has 0 aromatic heterocycles. The van der Waals surface area contributed by atoms with Gasteiger partial charge in [0.1, 0.15) is 0 Å². The van der Waals surface area contributed by atoms with E-state index in [0.717, 1.165) is 12.6 Å². The summed E-state index contributed by atoms with van der Waals surface area (Å²) >= 11 is 0. The van der Waals surface area contributed by atoms with Crippen LogP contribution in [0.5, 0.6) is 0 Å². The number of nitrogens with one attached hydrogen (secondary N) is 1. The number of likely N-dealkylation sites (tertiary alicyclic amines) is 1. The molecule has 0 saturated carbocycles. The average molecular weight is 240 g/mol. The van der Waals surface area contributed by atoms with Crippen LogP contribution in [0.15, 0.2) is 0 Å². The summed E-state index contributed by atoms with van der Waals surface area (Å²) in [6, 6.07) is 0.854. The Bertz CT molecular complexity index is 205. The number of hydrogen-bond donors (Lipinski definition) is 1. The smallest absolute Gasteiger partial charge is 0.00933 e. The van der Waals surface area contributed by atoms with E-state index >= 15 is 0 Å².